The molecule has 0 radical (unpaired) electrons. The van der Waals surface area contributed by atoms with Gasteiger partial charge in [-0.05, 0) is 49.3 Å². The molecule has 1 aliphatic carbocycles. The normalized spacial score (nSPS) is 23.4. The zero-order valence-corrected chi connectivity index (χ0v) is 12.9. The van der Waals surface area contributed by atoms with E-state index >= 15 is 0 Å². The molecule has 5 heteroatoms. The number of aliphatic hydroxyl groups excluding tert-OH is 1. The number of aliphatic hydroxyl groups is 1. The van der Waals surface area contributed by atoms with Crippen LogP contribution in [0.4, 0.5) is 0 Å². The van der Waals surface area contributed by atoms with E-state index in [0.29, 0.717) is 24.3 Å². The molecular formula is C17H23N3O2. The molecule has 0 amide bonds. The minimum absolute atomic E-state index is 0.302. The fourth-order valence-electron chi connectivity index (χ4n) is 3.26. The molecule has 0 bridgehead atoms. The first kappa shape index (κ1) is 15.2. The Balaban J connectivity index is 1.80. The Bertz CT molecular complexity index is 639. The van der Waals surface area contributed by atoms with Gasteiger partial charge in [0.1, 0.15) is 0 Å². The van der Waals surface area contributed by atoms with Gasteiger partial charge in [0, 0.05) is 24.7 Å². The third-order valence-electron chi connectivity index (χ3n) is 4.64. The summed E-state index contributed by atoms with van der Waals surface area (Å²) in [5, 5.41) is 10.6. The summed E-state index contributed by atoms with van der Waals surface area (Å²) >= 11 is 0. The molecular weight excluding hydrogens is 278 g/mol. The van der Waals surface area contributed by atoms with Crippen LogP contribution in [0.1, 0.15) is 31.2 Å². The standard InChI is InChI=1S/C17H23N3O2/c1-22-16-7-6-14-17(20-16)12(8-9-19-14)10-15(21)11-2-4-13(18)5-3-11/h6-9,11,13,15,21H,2-5,10,18H2,1H3/t11-,13-,15?. The fraction of sp³-hybridized carbons (Fsp3) is 0.529. The van der Waals surface area contributed by atoms with Gasteiger partial charge in [-0.15, -0.1) is 0 Å². The molecule has 3 rings (SSSR count). The molecule has 22 heavy (non-hydrogen) atoms. The highest BCUT2D eigenvalue weighted by molar-refractivity contribution is 5.78. The Morgan fingerprint density at radius 3 is 2.77 bits per heavy atom. The molecule has 1 aliphatic rings. The maximum atomic E-state index is 10.6. The summed E-state index contributed by atoms with van der Waals surface area (Å²) in [4.78, 5) is 8.82. The first-order valence-corrected chi connectivity index (χ1v) is 7.89. The van der Waals surface area contributed by atoms with Crippen molar-refractivity contribution >= 4 is 11.0 Å². The number of rotatable bonds is 4. The minimum atomic E-state index is -0.355. The SMILES string of the molecule is COc1ccc2nccc(CC(O)[C@H]3CC[C@H](N)CC3)c2n1. The zero-order chi connectivity index (χ0) is 15.5. The van der Waals surface area contributed by atoms with Crippen LogP contribution in [0.25, 0.3) is 11.0 Å². The molecule has 0 aromatic carbocycles. The monoisotopic (exact) mass is 301 g/mol. The number of ether oxygens (including phenoxy) is 1. The largest absolute Gasteiger partial charge is 0.481 e. The fourth-order valence-corrected chi connectivity index (χ4v) is 3.26. The van der Waals surface area contributed by atoms with Gasteiger partial charge in [0.15, 0.2) is 0 Å². The molecule has 2 aromatic heterocycles. The maximum Gasteiger partial charge on any atom is 0.213 e. The molecule has 3 N–H and O–H groups in total. The molecule has 2 heterocycles. The van der Waals surface area contributed by atoms with E-state index in [-0.39, 0.29) is 6.10 Å². The van der Waals surface area contributed by atoms with Crippen molar-refractivity contribution in [1.29, 1.82) is 0 Å². The molecule has 1 unspecified atom stereocenters. The molecule has 0 aliphatic heterocycles. The predicted octanol–water partition coefficient (Wildman–Crippen LogP) is 2.06. The van der Waals surface area contributed by atoms with Crippen molar-refractivity contribution < 1.29 is 9.84 Å². The van der Waals surface area contributed by atoms with Gasteiger partial charge in [0.05, 0.1) is 24.2 Å². The molecule has 2 aromatic rings. The third kappa shape index (κ3) is 3.20. The summed E-state index contributed by atoms with van der Waals surface area (Å²) in [7, 11) is 1.60. The van der Waals surface area contributed by atoms with Gasteiger partial charge >= 0.3 is 0 Å². The molecule has 0 saturated heterocycles. The van der Waals surface area contributed by atoms with Gasteiger partial charge < -0.3 is 15.6 Å². The van der Waals surface area contributed by atoms with Crippen molar-refractivity contribution in [3.63, 3.8) is 0 Å². The Morgan fingerprint density at radius 1 is 1.27 bits per heavy atom. The van der Waals surface area contributed by atoms with Crippen LogP contribution >= 0.6 is 0 Å². The lowest BCUT2D eigenvalue weighted by Gasteiger charge is -2.29. The first-order valence-electron chi connectivity index (χ1n) is 7.89. The molecule has 0 spiro atoms. The van der Waals surface area contributed by atoms with Crippen molar-refractivity contribution in [2.45, 2.75) is 44.2 Å². The number of nitrogens with two attached hydrogens (primary N) is 1. The highest BCUT2D eigenvalue weighted by atomic mass is 16.5. The second kappa shape index (κ2) is 6.58. The average Bonchev–Trinajstić information content (AvgIpc) is 2.55. The summed E-state index contributed by atoms with van der Waals surface area (Å²) in [6.45, 7) is 0. The zero-order valence-electron chi connectivity index (χ0n) is 12.9. The van der Waals surface area contributed by atoms with E-state index in [4.69, 9.17) is 10.5 Å². The topological polar surface area (TPSA) is 81.3 Å². The molecule has 1 fully saturated rings. The van der Waals surface area contributed by atoms with Crippen LogP contribution in [-0.2, 0) is 6.42 Å². The number of aromatic nitrogens is 2. The van der Waals surface area contributed by atoms with E-state index in [9.17, 15) is 5.11 Å². The number of hydrogen-bond acceptors (Lipinski definition) is 5. The van der Waals surface area contributed by atoms with Gasteiger partial charge in [-0.2, -0.15) is 0 Å². The van der Waals surface area contributed by atoms with E-state index in [2.05, 4.69) is 9.97 Å². The van der Waals surface area contributed by atoms with Crippen molar-refractivity contribution in [3.05, 3.63) is 30.0 Å². The summed E-state index contributed by atoms with van der Waals surface area (Å²) < 4.78 is 5.20. The summed E-state index contributed by atoms with van der Waals surface area (Å²) in [5.41, 5.74) is 8.61. The quantitative estimate of drug-likeness (QED) is 0.903. The Kier molecular flexibility index (Phi) is 4.55. The number of fused-ring (bicyclic) bond motifs is 1. The average molecular weight is 301 g/mol. The van der Waals surface area contributed by atoms with Crippen molar-refractivity contribution in [3.8, 4) is 5.88 Å². The minimum Gasteiger partial charge on any atom is -0.481 e. The van der Waals surface area contributed by atoms with Crippen LogP contribution in [0, 0.1) is 5.92 Å². The van der Waals surface area contributed by atoms with Crippen LogP contribution < -0.4 is 10.5 Å². The van der Waals surface area contributed by atoms with Crippen LogP contribution in [-0.4, -0.2) is 34.3 Å². The lowest BCUT2D eigenvalue weighted by atomic mass is 9.81. The number of hydrogen-bond donors (Lipinski definition) is 2. The van der Waals surface area contributed by atoms with Crippen LogP contribution in [0.2, 0.25) is 0 Å². The van der Waals surface area contributed by atoms with Crippen LogP contribution in [0.5, 0.6) is 5.88 Å². The van der Waals surface area contributed by atoms with Gasteiger partial charge in [0.2, 0.25) is 5.88 Å². The Morgan fingerprint density at radius 2 is 2.05 bits per heavy atom. The van der Waals surface area contributed by atoms with E-state index in [1.54, 1.807) is 19.4 Å². The summed E-state index contributed by atoms with van der Waals surface area (Å²) in [6, 6.07) is 5.94. The third-order valence-corrected chi connectivity index (χ3v) is 4.64. The van der Waals surface area contributed by atoms with Crippen LogP contribution in [0.3, 0.4) is 0 Å². The van der Waals surface area contributed by atoms with E-state index in [1.807, 2.05) is 12.1 Å². The lowest BCUT2D eigenvalue weighted by Crippen LogP contribution is -2.32. The maximum absolute atomic E-state index is 10.6. The van der Waals surface area contributed by atoms with Crippen molar-refractivity contribution in [1.82, 2.24) is 9.97 Å². The van der Waals surface area contributed by atoms with Crippen LogP contribution in [0.15, 0.2) is 24.4 Å². The molecule has 1 atom stereocenters. The van der Waals surface area contributed by atoms with Crippen molar-refractivity contribution in [2.75, 3.05) is 7.11 Å². The highest BCUT2D eigenvalue weighted by Gasteiger charge is 2.25. The van der Waals surface area contributed by atoms with Gasteiger partial charge in [-0.1, -0.05) is 0 Å². The Labute approximate surface area is 130 Å². The van der Waals surface area contributed by atoms with E-state index in [1.165, 1.54) is 0 Å². The summed E-state index contributed by atoms with van der Waals surface area (Å²) in [5.74, 6) is 0.897. The van der Waals surface area contributed by atoms with Gasteiger partial charge in [-0.3, -0.25) is 4.98 Å². The Hall–Kier alpha value is -1.72. The first-order chi connectivity index (χ1) is 10.7. The molecule has 5 nitrogen and oxygen atoms in total. The number of methoxy groups -OCH3 is 1. The molecule has 1 saturated carbocycles. The van der Waals surface area contributed by atoms with E-state index in [0.717, 1.165) is 42.3 Å². The second-order valence-corrected chi connectivity index (χ2v) is 6.14. The van der Waals surface area contributed by atoms with Crippen molar-refractivity contribution in [2.24, 2.45) is 11.7 Å². The lowest BCUT2D eigenvalue weighted by molar-refractivity contribution is 0.0819. The summed E-state index contributed by atoms with van der Waals surface area (Å²) in [6.07, 6.45) is 6.03. The molecule has 118 valence electrons. The van der Waals surface area contributed by atoms with Gasteiger partial charge in [-0.25, -0.2) is 4.98 Å². The highest BCUT2D eigenvalue weighted by Crippen LogP contribution is 2.29. The second-order valence-electron chi connectivity index (χ2n) is 6.14. The van der Waals surface area contributed by atoms with Gasteiger partial charge in [0.25, 0.3) is 0 Å². The smallest absolute Gasteiger partial charge is 0.213 e. The predicted molar refractivity (Wildman–Crippen MR) is 85.7 cm³/mol. The number of nitrogens with zero attached hydrogens (tertiary/aromatic N) is 2. The van der Waals surface area contributed by atoms with E-state index < -0.39 is 0 Å². The number of pyridine rings is 2.